The normalized spacial score (nSPS) is 15.1. The van der Waals surface area contributed by atoms with Crippen LogP contribution in [0.15, 0.2) is 345 Å². The number of anilines is 9. The lowest BCUT2D eigenvalue weighted by molar-refractivity contribution is 0.569. The van der Waals surface area contributed by atoms with E-state index in [2.05, 4.69) is 202 Å². The number of fused-ring (bicyclic) bond motifs is 7. The second kappa shape index (κ2) is 27.3. The first-order valence-electron chi connectivity index (χ1n) is 46.9. The molecule has 0 amide bonds. The Morgan fingerprint density at radius 1 is 0.279 bits per heavy atom. The lowest BCUT2D eigenvalue weighted by Gasteiger charge is -2.46. The van der Waals surface area contributed by atoms with E-state index in [-0.39, 0.29) is 60.9 Å². The zero-order chi connectivity index (χ0) is 91.9. The number of rotatable bonds is 12. The molecule has 1 aromatic heterocycles. The van der Waals surface area contributed by atoms with Crippen LogP contribution in [0, 0.1) is 0 Å². The van der Waals surface area contributed by atoms with E-state index in [0.717, 1.165) is 106 Å². The van der Waals surface area contributed by atoms with Crippen molar-refractivity contribution in [1.29, 1.82) is 0 Å². The van der Waals surface area contributed by atoms with Crippen LogP contribution in [0.3, 0.4) is 0 Å². The van der Waals surface area contributed by atoms with E-state index < -0.39 is 126 Å². The van der Waals surface area contributed by atoms with Gasteiger partial charge < -0.3 is 19.3 Å². The Morgan fingerprint density at radius 3 is 1.04 bits per heavy atom. The number of nitrogens with zero attached hydrogens (tertiary/aromatic N) is 4. The van der Waals surface area contributed by atoms with Gasteiger partial charge in [0.25, 0.3) is 6.71 Å². The van der Waals surface area contributed by atoms with Crippen molar-refractivity contribution < 1.29 is 24.7 Å². The summed E-state index contributed by atoms with van der Waals surface area (Å²) in [5.74, 6) is 0. The smallest absolute Gasteiger partial charge is 0.252 e. The molecule has 18 rings (SSSR count). The summed E-state index contributed by atoms with van der Waals surface area (Å²) in [4.78, 5) is 6.23. The molecule has 540 valence electrons. The van der Waals surface area contributed by atoms with E-state index in [1.165, 1.54) is 4.57 Å². The molecular formula is C106H93BN4. The second-order valence-electron chi connectivity index (χ2n) is 33.3. The molecule has 0 atom stereocenters. The first-order valence-corrected chi connectivity index (χ1v) is 37.9. The Hall–Kier alpha value is -12.4. The minimum absolute atomic E-state index is 0.0383. The summed E-state index contributed by atoms with van der Waals surface area (Å²) < 4.78 is 172. The Balaban J connectivity index is 1.08. The first kappa shape index (κ1) is 52.6. The topological polar surface area (TPSA) is 14.7 Å². The molecule has 2 aliphatic heterocycles. The summed E-state index contributed by atoms with van der Waals surface area (Å²) in [6.45, 7) is 25.7. The Kier molecular flexibility index (Phi) is 12.9. The summed E-state index contributed by atoms with van der Waals surface area (Å²) in [5.41, 5.74) is 17.7. The minimum Gasteiger partial charge on any atom is -0.310 e. The third-order valence-electron chi connectivity index (χ3n) is 21.9. The predicted octanol–water partition coefficient (Wildman–Crippen LogP) is 27.5. The molecule has 15 aromatic carbocycles. The van der Waals surface area contributed by atoms with Gasteiger partial charge in [0.05, 0.1) is 52.8 Å². The molecule has 0 radical (unpaired) electrons. The molecule has 5 heteroatoms. The maximum absolute atomic E-state index is 10.4. The van der Waals surface area contributed by atoms with Crippen molar-refractivity contribution in [3.8, 4) is 72.4 Å². The van der Waals surface area contributed by atoms with E-state index in [4.69, 9.17) is 6.85 Å². The molecule has 0 saturated carbocycles. The highest BCUT2D eigenvalue weighted by Crippen LogP contribution is 2.57. The van der Waals surface area contributed by atoms with E-state index in [9.17, 15) is 17.8 Å². The summed E-state index contributed by atoms with van der Waals surface area (Å²) in [6.07, 6.45) is 0. The van der Waals surface area contributed by atoms with Crippen LogP contribution in [0.25, 0.3) is 94.3 Å². The molecule has 0 aliphatic carbocycles. The van der Waals surface area contributed by atoms with Crippen LogP contribution in [-0.4, -0.2) is 11.3 Å². The van der Waals surface area contributed by atoms with E-state index in [1.54, 1.807) is 29.2 Å². The molecule has 0 N–H and O–H groups in total. The van der Waals surface area contributed by atoms with Gasteiger partial charge in [0.1, 0.15) is 0 Å². The first-order chi connectivity index (χ1) is 61.1. The molecule has 4 nitrogen and oxygen atoms in total. The molecule has 3 heterocycles. The Labute approximate surface area is 681 Å². The quantitative estimate of drug-likeness (QED) is 0.113. The molecule has 0 spiro atoms. The maximum atomic E-state index is 10.4. The SMILES string of the molecule is [2H]c1c([2H])c([2H])c(-c2ccc3c(c2)N(c2c(-c4ccccc4)cc(C(C)(C)C)cc2-c2ccccc2)c2cc(N(c4ccc(-n5c6c([2H])c([2H])c([2H])c([2H])c6c6c([2H])c([2H])c([2H])c([2H])c65)cc4)c4c([2H])c([2H])c([2H])c([2H])c4[2H])cc4c2B3c2ccc(-c3cc(C(C)(C)C)cc(C(C)(C)C)c3)cc2N4c2c(-c3ccccc3)cc(C(C)(C)C)cc2-c2ccccc2)c([2H])c1[2H]. The Bertz CT molecular complexity index is 7090. The standard InChI is InChI=1S/C106H93BN4/c1-103(2,3)78-59-77(60-79(63-78)104(4,5)6)76-52-58-93-97(62-76)111(102-90(73-41-25-16-26-42-73)66-81(106(10,11)12)67-91(102)74-43-27-17-28-44-74)99-69-85(108(82-45-29-18-30-46-82)83-53-55-84(56-54-83)109-94-49-33-31-47-86(94)87-48-32-34-50-95(87)109)68-98-100(99)107(93)92-57-51-75(70-35-19-13-20-36-70)61-96(92)110(98)101-88(71-37-21-14-22-38-71)64-80(105(7,8)9)65-89(101)72-39-23-15-24-40-72/h13-69H,1-12H3/i13D,18D,19D,20D,29D,30D,31D,32D,33D,34D,35D,36D,45D,46D,47D,48D,49D,50D. The number of benzene rings is 15. The molecule has 0 unspecified atom stereocenters. The number of hydrogen-bond acceptors (Lipinski definition) is 3. The van der Waals surface area contributed by atoms with Gasteiger partial charge in [0.15, 0.2) is 0 Å². The van der Waals surface area contributed by atoms with Gasteiger partial charge in [0, 0.05) is 72.8 Å². The van der Waals surface area contributed by atoms with E-state index >= 15 is 0 Å². The van der Waals surface area contributed by atoms with Crippen molar-refractivity contribution in [2.24, 2.45) is 0 Å². The van der Waals surface area contributed by atoms with E-state index in [0.29, 0.717) is 28.3 Å². The molecular weight excluding hydrogens is 1340 g/mol. The zero-order valence-electron chi connectivity index (χ0n) is 82.4. The fourth-order valence-electron chi connectivity index (χ4n) is 16.1. The lowest BCUT2D eigenvalue weighted by atomic mass is 9.33. The fourth-order valence-corrected chi connectivity index (χ4v) is 16.1. The molecule has 111 heavy (non-hydrogen) atoms. The van der Waals surface area contributed by atoms with Crippen molar-refractivity contribution in [2.75, 3.05) is 14.7 Å². The van der Waals surface area contributed by atoms with Gasteiger partial charge in [-0.25, -0.2) is 0 Å². The minimum atomic E-state index is -0.776. The summed E-state index contributed by atoms with van der Waals surface area (Å²) >= 11 is 0. The van der Waals surface area contributed by atoms with Crippen molar-refractivity contribution in [1.82, 2.24) is 4.57 Å². The molecule has 0 saturated heterocycles. The highest BCUT2D eigenvalue weighted by atomic mass is 15.2. The van der Waals surface area contributed by atoms with Crippen LogP contribution in [0.1, 0.15) is 130 Å². The van der Waals surface area contributed by atoms with Gasteiger partial charge in [-0.15, -0.1) is 0 Å². The predicted molar refractivity (Wildman–Crippen MR) is 477 cm³/mol. The second-order valence-corrected chi connectivity index (χ2v) is 33.3. The van der Waals surface area contributed by atoms with Crippen molar-refractivity contribution in [3.05, 3.63) is 368 Å². The Morgan fingerprint density at radius 2 is 0.640 bits per heavy atom. The van der Waals surface area contributed by atoms with Crippen LogP contribution in [-0.2, 0) is 21.7 Å². The van der Waals surface area contributed by atoms with Gasteiger partial charge >= 0.3 is 0 Å². The van der Waals surface area contributed by atoms with Crippen molar-refractivity contribution >= 4 is 96.1 Å². The van der Waals surface area contributed by atoms with Gasteiger partial charge in [-0.05, 0) is 202 Å². The maximum Gasteiger partial charge on any atom is 0.252 e. The third kappa shape index (κ3) is 12.6. The van der Waals surface area contributed by atoms with Crippen LogP contribution >= 0.6 is 0 Å². The fraction of sp³-hybridized carbons (Fsp3) is 0.151. The zero-order valence-corrected chi connectivity index (χ0v) is 64.4. The van der Waals surface area contributed by atoms with Crippen LogP contribution in [0.2, 0.25) is 0 Å². The number of hydrogen-bond donors (Lipinski definition) is 0. The van der Waals surface area contributed by atoms with Crippen molar-refractivity contribution in [3.63, 3.8) is 0 Å². The van der Waals surface area contributed by atoms with Gasteiger partial charge in [-0.2, -0.15) is 0 Å². The highest BCUT2D eigenvalue weighted by molar-refractivity contribution is 7.00. The average molecular weight is 1450 g/mol. The highest BCUT2D eigenvalue weighted by Gasteiger charge is 2.47. The van der Waals surface area contributed by atoms with E-state index in [1.807, 2.05) is 103 Å². The molecule has 0 bridgehead atoms. The van der Waals surface area contributed by atoms with Gasteiger partial charge in [0.2, 0.25) is 0 Å². The molecule has 16 aromatic rings. The van der Waals surface area contributed by atoms with Gasteiger partial charge in [-0.1, -0.05) is 331 Å². The van der Waals surface area contributed by atoms with Gasteiger partial charge in [-0.3, -0.25) is 0 Å². The number of para-hydroxylation sites is 3. The number of aromatic nitrogens is 1. The largest absolute Gasteiger partial charge is 0.310 e. The lowest BCUT2D eigenvalue weighted by Crippen LogP contribution is -2.61. The van der Waals surface area contributed by atoms with Crippen molar-refractivity contribution in [2.45, 2.75) is 105 Å². The monoisotopic (exact) mass is 1450 g/mol. The van der Waals surface area contributed by atoms with Crippen LogP contribution in [0.5, 0.6) is 0 Å². The average Bonchev–Trinajstić information content (AvgIpc) is 0.922. The van der Waals surface area contributed by atoms with Crippen LogP contribution in [0.4, 0.5) is 51.2 Å². The summed E-state index contributed by atoms with van der Waals surface area (Å²) in [6, 6.07) is 69.9. The molecule has 0 fully saturated rings. The summed E-state index contributed by atoms with van der Waals surface area (Å²) in [5, 5.41) is -0.269. The molecule has 2 aliphatic rings. The summed E-state index contributed by atoms with van der Waals surface area (Å²) in [7, 11) is 0. The van der Waals surface area contributed by atoms with Crippen LogP contribution < -0.4 is 31.1 Å². The third-order valence-corrected chi connectivity index (χ3v) is 21.9.